The maximum absolute atomic E-state index is 12.7. The summed E-state index contributed by atoms with van der Waals surface area (Å²) >= 11 is 0. The third kappa shape index (κ3) is 2.25. The van der Waals surface area contributed by atoms with Crippen LogP contribution in [-0.4, -0.2) is 20.2 Å². The summed E-state index contributed by atoms with van der Waals surface area (Å²) in [5.41, 5.74) is 0.418. The smallest absolute Gasteiger partial charge is 0.273 e. The third-order valence-electron chi connectivity index (χ3n) is 3.20. The molecule has 2 aromatic carbocycles. The molecule has 0 bridgehead atoms. The normalized spacial score (nSPS) is 17.6. The van der Waals surface area contributed by atoms with Crippen molar-refractivity contribution in [1.82, 2.24) is 0 Å². The molecule has 0 unspecified atom stereocenters. The number of hydrogen-bond acceptors (Lipinski definition) is 4. The van der Waals surface area contributed by atoms with Crippen LogP contribution in [0.3, 0.4) is 0 Å². The summed E-state index contributed by atoms with van der Waals surface area (Å²) in [6.45, 7) is 0. The first-order chi connectivity index (χ1) is 10.5. The molecule has 1 fully saturated rings. The molecule has 2 amide bonds. The summed E-state index contributed by atoms with van der Waals surface area (Å²) in [7, 11) is -4.30. The number of para-hydroxylation sites is 2. The van der Waals surface area contributed by atoms with Gasteiger partial charge in [-0.3, -0.25) is 9.59 Å². The zero-order valence-corrected chi connectivity index (χ0v) is 12.2. The Kier molecular flexibility index (Phi) is 3.42. The molecule has 0 atom stereocenters. The first-order valence-corrected chi connectivity index (χ1v) is 7.93. The molecule has 1 saturated heterocycles. The van der Waals surface area contributed by atoms with Gasteiger partial charge in [-0.25, -0.2) is 0 Å². The van der Waals surface area contributed by atoms with E-state index in [0.717, 1.165) is 0 Å². The summed E-state index contributed by atoms with van der Waals surface area (Å²) in [5, 5.41) is 0. The highest BCUT2D eigenvalue weighted by molar-refractivity contribution is 7.95. The van der Waals surface area contributed by atoms with Gasteiger partial charge in [0.15, 0.2) is 0 Å². The van der Waals surface area contributed by atoms with Crippen molar-refractivity contribution in [1.29, 1.82) is 0 Å². The fourth-order valence-electron chi connectivity index (χ4n) is 2.29. The average Bonchev–Trinajstić information content (AvgIpc) is 2.48. The number of nitrogens with zero attached hydrogens (tertiary/aromatic N) is 2. The van der Waals surface area contributed by atoms with Gasteiger partial charge in [0.05, 0.1) is 11.4 Å². The fourth-order valence-corrected chi connectivity index (χ4v) is 3.88. The van der Waals surface area contributed by atoms with Gasteiger partial charge < -0.3 is 0 Å². The molecule has 0 N–H and O–H groups in total. The quantitative estimate of drug-likeness (QED) is 0.790. The van der Waals surface area contributed by atoms with E-state index in [1.54, 1.807) is 36.4 Å². The van der Waals surface area contributed by atoms with Crippen LogP contribution in [0.25, 0.3) is 0 Å². The van der Waals surface area contributed by atoms with E-state index in [1.807, 2.05) is 0 Å². The molecule has 0 aliphatic carbocycles. The summed E-state index contributed by atoms with van der Waals surface area (Å²) in [6.07, 6.45) is -0.497. The molecule has 0 spiro atoms. The average molecular weight is 316 g/mol. The van der Waals surface area contributed by atoms with E-state index in [1.165, 1.54) is 24.3 Å². The predicted molar refractivity (Wildman–Crippen MR) is 81.4 cm³/mol. The zero-order chi connectivity index (χ0) is 15.7. The first kappa shape index (κ1) is 14.3. The number of hydrogen-bond donors (Lipinski definition) is 0. The molecular formula is C15H12N2O4S. The Bertz CT molecular complexity index is 756. The van der Waals surface area contributed by atoms with Crippen molar-refractivity contribution in [3.63, 3.8) is 0 Å². The van der Waals surface area contributed by atoms with Crippen molar-refractivity contribution in [3.8, 4) is 0 Å². The number of carbonyl (C=O) groups excluding carboxylic acids is 2. The molecule has 0 saturated carbocycles. The van der Waals surface area contributed by atoms with E-state index in [2.05, 4.69) is 0 Å². The SMILES string of the molecule is O=C1CC(=O)N(c2ccccc2)S(=O)(=O)N1c1ccccc1. The lowest BCUT2D eigenvalue weighted by atomic mass is 10.2. The van der Waals surface area contributed by atoms with Gasteiger partial charge in [0, 0.05) is 0 Å². The van der Waals surface area contributed by atoms with Crippen molar-refractivity contribution in [2.75, 3.05) is 8.61 Å². The summed E-state index contributed by atoms with van der Waals surface area (Å²) < 4.78 is 26.8. The summed E-state index contributed by atoms with van der Waals surface area (Å²) in [6, 6.07) is 16.0. The molecule has 22 heavy (non-hydrogen) atoms. The van der Waals surface area contributed by atoms with Gasteiger partial charge in [-0.2, -0.15) is 17.0 Å². The van der Waals surface area contributed by atoms with Crippen LogP contribution in [0.1, 0.15) is 6.42 Å². The Morgan fingerprint density at radius 2 is 1.05 bits per heavy atom. The molecule has 2 aromatic rings. The number of rotatable bonds is 2. The lowest BCUT2D eigenvalue weighted by Gasteiger charge is -2.33. The Hall–Kier alpha value is -2.67. The Morgan fingerprint density at radius 1 is 0.682 bits per heavy atom. The molecule has 112 valence electrons. The second-order valence-electron chi connectivity index (χ2n) is 4.67. The second kappa shape index (κ2) is 5.27. The second-order valence-corrected chi connectivity index (χ2v) is 6.30. The van der Waals surface area contributed by atoms with Crippen LogP contribution in [0.4, 0.5) is 11.4 Å². The van der Waals surface area contributed by atoms with Crippen molar-refractivity contribution in [2.45, 2.75) is 6.42 Å². The molecule has 0 radical (unpaired) electrons. The Balaban J connectivity index is 2.14. The zero-order valence-electron chi connectivity index (χ0n) is 11.4. The fraction of sp³-hybridized carbons (Fsp3) is 0.0667. The highest BCUT2D eigenvalue weighted by Gasteiger charge is 2.44. The van der Waals surface area contributed by atoms with Crippen LogP contribution in [0.15, 0.2) is 60.7 Å². The lowest BCUT2D eigenvalue weighted by molar-refractivity contribution is -0.125. The van der Waals surface area contributed by atoms with Crippen molar-refractivity contribution < 1.29 is 18.0 Å². The van der Waals surface area contributed by atoms with Gasteiger partial charge in [0.2, 0.25) is 0 Å². The molecule has 3 rings (SSSR count). The van der Waals surface area contributed by atoms with Gasteiger partial charge in [0.1, 0.15) is 6.42 Å². The highest BCUT2D eigenvalue weighted by Crippen LogP contribution is 2.30. The number of carbonyl (C=O) groups is 2. The molecule has 6 nitrogen and oxygen atoms in total. The van der Waals surface area contributed by atoms with Crippen molar-refractivity contribution >= 4 is 33.4 Å². The van der Waals surface area contributed by atoms with Crippen LogP contribution in [0.5, 0.6) is 0 Å². The van der Waals surface area contributed by atoms with Gasteiger partial charge in [0.25, 0.3) is 11.8 Å². The maximum Gasteiger partial charge on any atom is 0.339 e. The van der Waals surface area contributed by atoms with E-state index >= 15 is 0 Å². The highest BCUT2D eigenvalue weighted by atomic mass is 32.2. The first-order valence-electron chi connectivity index (χ1n) is 6.53. The van der Waals surface area contributed by atoms with Crippen LogP contribution < -0.4 is 8.61 Å². The minimum atomic E-state index is -4.30. The third-order valence-corrected chi connectivity index (χ3v) is 4.95. The van der Waals surface area contributed by atoms with Gasteiger partial charge >= 0.3 is 10.2 Å². The van der Waals surface area contributed by atoms with Crippen molar-refractivity contribution in [2.24, 2.45) is 0 Å². The van der Waals surface area contributed by atoms with Gasteiger partial charge in [-0.15, -0.1) is 0 Å². The topological polar surface area (TPSA) is 74.8 Å². The van der Waals surface area contributed by atoms with Crippen LogP contribution in [0, 0.1) is 0 Å². The van der Waals surface area contributed by atoms with Gasteiger partial charge in [-0.05, 0) is 24.3 Å². The Labute approximate surface area is 127 Å². The minimum Gasteiger partial charge on any atom is -0.273 e. The van der Waals surface area contributed by atoms with E-state index in [0.29, 0.717) is 8.61 Å². The molecule has 1 aliphatic rings. The van der Waals surface area contributed by atoms with E-state index < -0.39 is 28.4 Å². The van der Waals surface area contributed by atoms with E-state index in [-0.39, 0.29) is 11.4 Å². The summed E-state index contributed by atoms with van der Waals surface area (Å²) in [5.74, 6) is -1.52. The van der Waals surface area contributed by atoms with E-state index in [9.17, 15) is 18.0 Å². The predicted octanol–water partition coefficient (Wildman–Crippen LogP) is 1.70. The number of amides is 2. The minimum absolute atomic E-state index is 0.209. The summed E-state index contributed by atoms with van der Waals surface area (Å²) in [4.78, 5) is 24.2. The van der Waals surface area contributed by atoms with E-state index in [4.69, 9.17) is 0 Å². The number of benzene rings is 2. The van der Waals surface area contributed by atoms with Crippen LogP contribution >= 0.6 is 0 Å². The standard InChI is InChI=1S/C15H12N2O4S/c18-14-11-15(19)17(13-9-5-2-6-10-13)22(20,21)16(14)12-7-3-1-4-8-12/h1-10H,11H2. The molecule has 1 aliphatic heterocycles. The number of anilines is 2. The largest absolute Gasteiger partial charge is 0.339 e. The maximum atomic E-state index is 12.7. The molecule has 1 heterocycles. The van der Waals surface area contributed by atoms with Crippen molar-refractivity contribution in [3.05, 3.63) is 60.7 Å². The monoisotopic (exact) mass is 316 g/mol. The Morgan fingerprint density at radius 3 is 1.41 bits per heavy atom. The van der Waals surface area contributed by atoms with Gasteiger partial charge in [-0.1, -0.05) is 36.4 Å². The van der Waals surface area contributed by atoms with Crippen LogP contribution in [-0.2, 0) is 19.8 Å². The lowest BCUT2D eigenvalue weighted by Crippen LogP contribution is -2.55. The molecular weight excluding hydrogens is 304 g/mol. The molecule has 7 heteroatoms. The molecule has 0 aromatic heterocycles. The van der Waals surface area contributed by atoms with Crippen LogP contribution in [0.2, 0.25) is 0 Å².